The van der Waals surface area contributed by atoms with Gasteiger partial charge in [0.15, 0.2) is 6.04 Å². The highest BCUT2D eigenvalue weighted by molar-refractivity contribution is 5.87. The van der Waals surface area contributed by atoms with Gasteiger partial charge < -0.3 is 30.9 Å². The molecule has 0 heterocycles. The number of amides is 1. The molecule has 2 atom stereocenters. The van der Waals surface area contributed by atoms with E-state index in [1.165, 1.54) is 0 Å². The van der Waals surface area contributed by atoms with E-state index >= 15 is 0 Å². The maximum absolute atomic E-state index is 11.3. The van der Waals surface area contributed by atoms with E-state index < -0.39 is 36.4 Å². The fraction of sp³-hybridized carbons (Fsp3) is 0.667. The quantitative estimate of drug-likeness (QED) is 0.475. The first-order valence-corrected chi connectivity index (χ1v) is 4.79. The Balaban J connectivity index is 4.40. The Morgan fingerprint density at radius 2 is 1.75 bits per heavy atom. The summed E-state index contributed by atoms with van der Waals surface area (Å²) in [6.07, 6.45) is -0.552. The lowest BCUT2D eigenvalue weighted by Gasteiger charge is -2.24. The SMILES string of the molecule is CC(C)[C@H](NC(=O)[C@@H]([NH3+])CC(=O)[O-])C(=O)[O-]. The van der Waals surface area contributed by atoms with Crippen LogP contribution in [0, 0.1) is 5.92 Å². The van der Waals surface area contributed by atoms with Gasteiger partial charge in [0, 0.05) is 12.4 Å². The van der Waals surface area contributed by atoms with Gasteiger partial charge in [0.2, 0.25) is 0 Å². The van der Waals surface area contributed by atoms with Crippen molar-refractivity contribution in [3.05, 3.63) is 0 Å². The van der Waals surface area contributed by atoms with Crippen molar-refractivity contribution in [2.24, 2.45) is 5.92 Å². The lowest BCUT2D eigenvalue weighted by Crippen LogP contribution is -2.70. The van der Waals surface area contributed by atoms with Crippen LogP contribution >= 0.6 is 0 Å². The molecule has 0 radical (unpaired) electrons. The molecule has 0 aliphatic carbocycles. The van der Waals surface area contributed by atoms with Gasteiger partial charge in [-0.3, -0.25) is 4.79 Å². The second-order valence-corrected chi connectivity index (χ2v) is 3.82. The largest absolute Gasteiger partial charge is 0.550 e. The summed E-state index contributed by atoms with van der Waals surface area (Å²) in [7, 11) is 0. The summed E-state index contributed by atoms with van der Waals surface area (Å²) in [6, 6.07) is -2.23. The van der Waals surface area contributed by atoms with Crippen molar-refractivity contribution in [2.75, 3.05) is 0 Å². The van der Waals surface area contributed by atoms with E-state index in [2.05, 4.69) is 11.1 Å². The molecular weight excluding hydrogens is 216 g/mol. The Hall–Kier alpha value is -1.63. The minimum absolute atomic E-state index is 0.357. The summed E-state index contributed by atoms with van der Waals surface area (Å²) in [5.74, 6) is -3.93. The number of carbonyl (C=O) groups is 3. The zero-order valence-electron chi connectivity index (χ0n) is 9.19. The van der Waals surface area contributed by atoms with Gasteiger partial charge in [0.1, 0.15) is 0 Å². The summed E-state index contributed by atoms with van der Waals surface area (Å²) in [6.45, 7) is 3.19. The van der Waals surface area contributed by atoms with E-state index in [-0.39, 0.29) is 5.92 Å². The zero-order valence-corrected chi connectivity index (χ0v) is 9.19. The topological polar surface area (TPSA) is 137 Å². The minimum atomic E-state index is -1.41. The highest BCUT2D eigenvalue weighted by Gasteiger charge is 2.23. The normalized spacial score (nSPS) is 14.2. The van der Waals surface area contributed by atoms with Gasteiger partial charge in [-0.2, -0.15) is 0 Å². The van der Waals surface area contributed by atoms with E-state index in [0.717, 1.165) is 0 Å². The van der Waals surface area contributed by atoms with Crippen LogP contribution in [-0.2, 0) is 14.4 Å². The molecule has 0 aromatic rings. The molecule has 0 aromatic carbocycles. The Kier molecular flexibility index (Phi) is 5.44. The molecular formula is C9H15N2O5-. The predicted octanol–water partition coefficient (Wildman–Crippen LogP) is -4.37. The number of nitrogens with one attached hydrogen (secondary N) is 1. The van der Waals surface area contributed by atoms with Crippen LogP contribution < -0.4 is 21.3 Å². The van der Waals surface area contributed by atoms with Crippen LogP contribution in [0.4, 0.5) is 0 Å². The molecule has 4 N–H and O–H groups in total. The Morgan fingerprint density at radius 1 is 1.25 bits per heavy atom. The number of rotatable bonds is 6. The van der Waals surface area contributed by atoms with E-state index in [4.69, 9.17) is 0 Å². The number of carbonyl (C=O) groups excluding carboxylic acids is 3. The van der Waals surface area contributed by atoms with Gasteiger partial charge in [-0.1, -0.05) is 13.8 Å². The molecule has 7 nitrogen and oxygen atoms in total. The number of quaternary nitrogens is 1. The first kappa shape index (κ1) is 14.4. The van der Waals surface area contributed by atoms with Crippen molar-refractivity contribution in [1.29, 1.82) is 0 Å². The molecule has 0 fully saturated rings. The molecule has 0 saturated heterocycles. The molecule has 0 rings (SSSR count). The van der Waals surface area contributed by atoms with E-state index in [1.807, 2.05) is 0 Å². The van der Waals surface area contributed by atoms with E-state index in [9.17, 15) is 24.6 Å². The highest BCUT2D eigenvalue weighted by atomic mass is 16.4. The van der Waals surface area contributed by atoms with Crippen molar-refractivity contribution < 1.29 is 30.3 Å². The van der Waals surface area contributed by atoms with Crippen LogP contribution in [0.5, 0.6) is 0 Å². The van der Waals surface area contributed by atoms with Gasteiger partial charge in [0.05, 0.1) is 12.0 Å². The molecule has 0 aliphatic rings. The standard InChI is InChI=1S/C9H16N2O5/c1-4(2)7(9(15)16)11-8(14)5(10)3-6(12)13/h4-5,7H,3,10H2,1-2H3,(H,11,14)(H,12,13)(H,15,16)/p-1/t5-,7-/m0/s1. The number of hydrogen-bond acceptors (Lipinski definition) is 5. The average molecular weight is 231 g/mol. The molecule has 0 aromatic heterocycles. The van der Waals surface area contributed by atoms with Gasteiger partial charge in [0.25, 0.3) is 5.91 Å². The van der Waals surface area contributed by atoms with Gasteiger partial charge >= 0.3 is 0 Å². The molecule has 1 amide bonds. The second-order valence-electron chi connectivity index (χ2n) is 3.82. The Morgan fingerprint density at radius 3 is 2.06 bits per heavy atom. The summed E-state index contributed by atoms with van der Waals surface area (Å²) >= 11 is 0. The second kappa shape index (κ2) is 6.06. The Labute approximate surface area is 92.6 Å². The maximum atomic E-state index is 11.3. The summed E-state index contributed by atoms with van der Waals surface area (Å²) < 4.78 is 0. The van der Waals surface area contributed by atoms with Crippen LogP contribution in [0.25, 0.3) is 0 Å². The van der Waals surface area contributed by atoms with Gasteiger partial charge in [-0.25, -0.2) is 0 Å². The zero-order chi connectivity index (χ0) is 12.9. The van der Waals surface area contributed by atoms with E-state index in [0.29, 0.717) is 0 Å². The van der Waals surface area contributed by atoms with Crippen LogP contribution in [0.3, 0.4) is 0 Å². The molecule has 0 bridgehead atoms. The van der Waals surface area contributed by atoms with Gasteiger partial charge in [-0.15, -0.1) is 0 Å². The third-order valence-electron chi connectivity index (χ3n) is 2.00. The molecule has 7 heteroatoms. The van der Waals surface area contributed by atoms with Crippen molar-refractivity contribution >= 4 is 17.8 Å². The number of carboxylic acid groups (broad SMARTS) is 2. The predicted molar refractivity (Wildman–Crippen MR) is 48.1 cm³/mol. The molecule has 0 aliphatic heterocycles. The fourth-order valence-electron chi connectivity index (χ4n) is 1.06. The Bertz CT molecular complexity index is 290. The molecule has 16 heavy (non-hydrogen) atoms. The molecule has 92 valence electrons. The third kappa shape index (κ3) is 4.74. The summed E-state index contributed by atoms with van der Waals surface area (Å²) in [5.41, 5.74) is 3.30. The van der Waals surface area contributed by atoms with Crippen molar-refractivity contribution in [3.63, 3.8) is 0 Å². The van der Waals surface area contributed by atoms with Gasteiger partial charge in [-0.05, 0) is 5.92 Å². The molecule has 0 spiro atoms. The van der Waals surface area contributed by atoms with Crippen LogP contribution in [0.2, 0.25) is 0 Å². The lowest BCUT2D eigenvalue weighted by molar-refractivity contribution is -0.408. The van der Waals surface area contributed by atoms with Crippen LogP contribution in [-0.4, -0.2) is 29.9 Å². The van der Waals surface area contributed by atoms with Crippen molar-refractivity contribution in [3.8, 4) is 0 Å². The summed E-state index contributed by atoms with van der Waals surface area (Å²) in [5, 5.41) is 23.0. The number of hydrogen-bond donors (Lipinski definition) is 2. The lowest BCUT2D eigenvalue weighted by atomic mass is 10.0. The fourth-order valence-corrected chi connectivity index (χ4v) is 1.06. The average Bonchev–Trinajstić information content (AvgIpc) is 2.11. The first-order valence-electron chi connectivity index (χ1n) is 4.79. The minimum Gasteiger partial charge on any atom is -0.550 e. The smallest absolute Gasteiger partial charge is 0.279 e. The van der Waals surface area contributed by atoms with Crippen LogP contribution in [0.1, 0.15) is 20.3 Å². The van der Waals surface area contributed by atoms with E-state index in [1.54, 1.807) is 13.8 Å². The first-order chi connectivity index (χ1) is 7.25. The van der Waals surface area contributed by atoms with Crippen LogP contribution in [0.15, 0.2) is 0 Å². The monoisotopic (exact) mass is 231 g/mol. The van der Waals surface area contributed by atoms with Crippen molar-refractivity contribution in [1.82, 2.24) is 5.32 Å². The maximum Gasteiger partial charge on any atom is 0.279 e. The number of aliphatic carboxylic acids is 2. The highest BCUT2D eigenvalue weighted by Crippen LogP contribution is 2.00. The third-order valence-corrected chi connectivity index (χ3v) is 2.00. The molecule has 0 unspecified atom stereocenters. The molecule has 0 saturated carbocycles. The number of carboxylic acids is 2. The summed E-state index contributed by atoms with van der Waals surface area (Å²) in [4.78, 5) is 32.2. The van der Waals surface area contributed by atoms with Crippen molar-refractivity contribution in [2.45, 2.75) is 32.4 Å².